The van der Waals surface area contributed by atoms with Gasteiger partial charge in [-0.15, -0.1) is 11.3 Å². The van der Waals surface area contributed by atoms with Gasteiger partial charge < -0.3 is 10.6 Å². The van der Waals surface area contributed by atoms with Crippen LogP contribution in [0.3, 0.4) is 0 Å². The standard InChI is InChI=1S/C17H24N2OS/c20-17(13-10-12-7-8-14(13)18-12)19-16(11-4-1-2-5-11)15-6-3-9-21-15/h3,6,9,11-14,16,18H,1-2,4-5,7-8,10H2,(H,19,20). The van der Waals surface area contributed by atoms with Crippen molar-refractivity contribution in [2.75, 3.05) is 0 Å². The van der Waals surface area contributed by atoms with E-state index in [9.17, 15) is 4.79 Å². The van der Waals surface area contributed by atoms with Crippen LogP contribution in [0.1, 0.15) is 55.9 Å². The van der Waals surface area contributed by atoms with E-state index in [1.54, 1.807) is 11.3 Å². The normalized spacial score (nSPS) is 33.4. The summed E-state index contributed by atoms with van der Waals surface area (Å²) in [6.07, 6.45) is 8.63. The highest BCUT2D eigenvalue weighted by atomic mass is 32.1. The molecule has 3 fully saturated rings. The lowest BCUT2D eigenvalue weighted by atomic mass is 9.87. The van der Waals surface area contributed by atoms with Crippen molar-refractivity contribution in [2.45, 2.75) is 63.1 Å². The van der Waals surface area contributed by atoms with E-state index in [0.29, 0.717) is 23.9 Å². The molecule has 1 aromatic rings. The fraction of sp³-hybridized carbons (Fsp3) is 0.706. The van der Waals surface area contributed by atoms with Crippen molar-refractivity contribution < 1.29 is 4.79 Å². The Kier molecular flexibility index (Phi) is 3.76. The fourth-order valence-electron chi connectivity index (χ4n) is 4.55. The Balaban J connectivity index is 1.47. The number of carbonyl (C=O) groups is 1. The summed E-state index contributed by atoms with van der Waals surface area (Å²) in [7, 11) is 0. The van der Waals surface area contributed by atoms with Gasteiger partial charge in [-0.2, -0.15) is 0 Å². The van der Waals surface area contributed by atoms with Crippen LogP contribution in [-0.4, -0.2) is 18.0 Å². The molecule has 2 bridgehead atoms. The molecule has 1 aromatic heterocycles. The van der Waals surface area contributed by atoms with Crippen molar-refractivity contribution in [1.82, 2.24) is 10.6 Å². The van der Waals surface area contributed by atoms with Gasteiger partial charge in [0.05, 0.1) is 12.0 Å². The van der Waals surface area contributed by atoms with Gasteiger partial charge in [-0.3, -0.25) is 4.79 Å². The first-order valence-electron chi connectivity index (χ1n) is 8.41. The number of hydrogen-bond donors (Lipinski definition) is 2. The molecule has 0 aromatic carbocycles. The highest BCUT2D eigenvalue weighted by Crippen LogP contribution is 2.39. The molecule has 3 aliphatic rings. The minimum Gasteiger partial charge on any atom is -0.348 e. The molecule has 2 aliphatic heterocycles. The third kappa shape index (κ3) is 2.64. The van der Waals surface area contributed by atoms with Crippen LogP contribution in [0, 0.1) is 11.8 Å². The molecule has 4 rings (SSSR count). The van der Waals surface area contributed by atoms with Gasteiger partial charge in [0.2, 0.25) is 5.91 Å². The second-order valence-electron chi connectivity index (χ2n) is 6.94. The molecule has 1 amide bonds. The molecular formula is C17H24N2OS. The smallest absolute Gasteiger partial charge is 0.225 e. The van der Waals surface area contributed by atoms with Gasteiger partial charge in [-0.1, -0.05) is 18.9 Å². The number of nitrogens with one attached hydrogen (secondary N) is 2. The van der Waals surface area contributed by atoms with E-state index >= 15 is 0 Å². The number of thiophene rings is 1. The molecule has 114 valence electrons. The Bertz CT molecular complexity index is 495. The summed E-state index contributed by atoms with van der Waals surface area (Å²) in [4.78, 5) is 14.1. The predicted molar refractivity (Wildman–Crippen MR) is 85.2 cm³/mol. The quantitative estimate of drug-likeness (QED) is 0.896. The van der Waals surface area contributed by atoms with Crippen LogP contribution in [0.4, 0.5) is 0 Å². The summed E-state index contributed by atoms with van der Waals surface area (Å²) in [6, 6.07) is 5.57. The summed E-state index contributed by atoms with van der Waals surface area (Å²) < 4.78 is 0. The van der Waals surface area contributed by atoms with Crippen molar-refractivity contribution in [3.63, 3.8) is 0 Å². The molecular weight excluding hydrogens is 280 g/mol. The van der Waals surface area contributed by atoms with Crippen molar-refractivity contribution >= 4 is 17.2 Å². The van der Waals surface area contributed by atoms with Gasteiger partial charge in [-0.05, 0) is 49.5 Å². The van der Waals surface area contributed by atoms with Gasteiger partial charge in [0, 0.05) is 17.0 Å². The minimum absolute atomic E-state index is 0.201. The minimum atomic E-state index is 0.201. The summed E-state index contributed by atoms with van der Waals surface area (Å²) in [6.45, 7) is 0. The van der Waals surface area contributed by atoms with E-state index in [-0.39, 0.29) is 12.0 Å². The second-order valence-corrected chi connectivity index (χ2v) is 7.92. The van der Waals surface area contributed by atoms with E-state index in [0.717, 1.165) is 6.42 Å². The van der Waals surface area contributed by atoms with Crippen LogP contribution >= 0.6 is 11.3 Å². The Morgan fingerprint density at radius 1 is 1.29 bits per heavy atom. The summed E-state index contributed by atoms with van der Waals surface area (Å²) >= 11 is 1.79. The number of amides is 1. The zero-order chi connectivity index (χ0) is 14.2. The van der Waals surface area contributed by atoms with Crippen LogP contribution < -0.4 is 10.6 Å². The van der Waals surface area contributed by atoms with Crippen molar-refractivity contribution in [2.24, 2.45) is 11.8 Å². The Morgan fingerprint density at radius 2 is 2.14 bits per heavy atom. The Labute approximate surface area is 130 Å². The zero-order valence-electron chi connectivity index (χ0n) is 12.4. The van der Waals surface area contributed by atoms with Crippen LogP contribution in [0.25, 0.3) is 0 Å². The van der Waals surface area contributed by atoms with E-state index in [1.807, 2.05) is 0 Å². The molecule has 0 radical (unpaired) electrons. The molecule has 3 nitrogen and oxygen atoms in total. The molecule has 21 heavy (non-hydrogen) atoms. The topological polar surface area (TPSA) is 41.1 Å². The van der Waals surface area contributed by atoms with Gasteiger partial charge >= 0.3 is 0 Å². The van der Waals surface area contributed by atoms with Crippen molar-refractivity contribution in [3.05, 3.63) is 22.4 Å². The number of fused-ring (bicyclic) bond motifs is 2. The van der Waals surface area contributed by atoms with Crippen LogP contribution in [0.2, 0.25) is 0 Å². The molecule has 4 heteroatoms. The Hall–Kier alpha value is -0.870. The maximum absolute atomic E-state index is 12.8. The number of carbonyl (C=O) groups excluding carboxylic acids is 1. The third-order valence-electron chi connectivity index (χ3n) is 5.66. The third-order valence-corrected chi connectivity index (χ3v) is 6.61. The van der Waals surface area contributed by atoms with E-state index in [2.05, 4.69) is 28.1 Å². The summed E-state index contributed by atoms with van der Waals surface area (Å²) in [5, 5.41) is 9.13. The lowest BCUT2D eigenvalue weighted by Crippen LogP contribution is -2.41. The van der Waals surface area contributed by atoms with E-state index in [1.165, 1.54) is 43.4 Å². The average molecular weight is 304 g/mol. The van der Waals surface area contributed by atoms with Crippen molar-refractivity contribution in [1.29, 1.82) is 0 Å². The SMILES string of the molecule is O=C(NC(c1cccs1)C1CCCC1)C1CC2CCC1N2. The van der Waals surface area contributed by atoms with E-state index < -0.39 is 0 Å². The fourth-order valence-corrected chi connectivity index (χ4v) is 5.42. The summed E-state index contributed by atoms with van der Waals surface area (Å²) in [5.74, 6) is 1.13. The number of hydrogen-bond acceptors (Lipinski definition) is 3. The van der Waals surface area contributed by atoms with Gasteiger partial charge in [0.25, 0.3) is 0 Å². The molecule has 4 unspecified atom stereocenters. The zero-order valence-corrected chi connectivity index (χ0v) is 13.2. The van der Waals surface area contributed by atoms with Crippen LogP contribution in [-0.2, 0) is 4.79 Å². The van der Waals surface area contributed by atoms with Gasteiger partial charge in [-0.25, -0.2) is 0 Å². The maximum atomic E-state index is 12.8. The monoisotopic (exact) mass is 304 g/mol. The van der Waals surface area contributed by atoms with Gasteiger partial charge in [0.1, 0.15) is 0 Å². The molecule has 1 aliphatic carbocycles. The lowest BCUT2D eigenvalue weighted by Gasteiger charge is -2.27. The largest absolute Gasteiger partial charge is 0.348 e. The second kappa shape index (κ2) is 5.73. The Morgan fingerprint density at radius 3 is 2.76 bits per heavy atom. The molecule has 4 atom stereocenters. The molecule has 1 saturated carbocycles. The summed E-state index contributed by atoms with van der Waals surface area (Å²) in [5.41, 5.74) is 0. The first-order valence-corrected chi connectivity index (χ1v) is 9.29. The maximum Gasteiger partial charge on any atom is 0.225 e. The number of rotatable bonds is 4. The first-order chi connectivity index (χ1) is 10.3. The first kappa shape index (κ1) is 13.8. The highest BCUT2D eigenvalue weighted by Gasteiger charge is 2.43. The molecule has 3 heterocycles. The van der Waals surface area contributed by atoms with Crippen LogP contribution in [0.15, 0.2) is 17.5 Å². The highest BCUT2D eigenvalue weighted by molar-refractivity contribution is 7.10. The molecule has 2 N–H and O–H groups in total. The van der Waals surface area contributed by atoms with Crippen LogP contribution in [0.5, 0.6) is 0 Å². The van der Waals surface area contributed by atoms with E-state index in [4.69, 9.17) is 0 Å². The van der Waals surface area contributed by atoms with Crippen molar-refractivity contribution in [3.8, 4) is 0 Å². The lowest BCUT2D eigenvalue weighted by molar-refractivity contribution is -0.126. The average Bonchev–Trinajstić information content (AvgIpc) is 3.30. The predicted octanol–water partition coefficient (Wildman–Crippen LogP) is 3.24. The van der Waals surface area contributed by atoms with Gasteiger partial charge in [0.15, 0.2) is 0 Å². The molecule has 0 spiro atoms. The molecule has 2 saturated heterocycles.